The standard InChI is InChI=1S/C12H24N2O2/c1-10(2)13-12(16)9-14(7-4-8-15)11-5-3-6-11/h10-11,15H,3-9H2,1-2H3,(H,13,16). The third-order valence-electron chi connectivity index (χ3n) is 2.99. The first-order valence-corrected chi connectivity index (χ1v) is 6.27. The molecule has 1 saturated carbocycles. The smallest absolute Gasteiger partial charge is 0.234 e. The molecule has 0 radical (unpaired) electrons. The van der Waals surface area contributed by atoms with Crippen molar-refractivity contribution in [3.05, 3.63) is 0 Å². The van der Waals surface area contributed by atoms with E-state index < -0.39 is 0 Å². The van der Waals surface area contributed by atoms with Gasteiger partial charge in [-0.1, -0.05) is 6.42 Å². The molecule has 0 aromatic carbocycles. The van der Waals surface area contributed by atoms with Crippen LogP contribution in [0.15, 0.2) is 0 Å². The van der Waals surface area contributed by atoms with Crippen LogP contribution in [-0.2, 0) is 4.79 Å². The van der Waals surface area contributed by atoms with Crippen LogP contribution in [0.4, 0.5) is 0 Å². The van der Waals surface area contributed by atoms with Crippen LogP contribution in [-0.4, -0.2) is 47.7 Å². The molecule has 0 aromatic rings. The molecule has 4 nitrogen and oxygen atoms in total. The third kappa shape index (κ3) is 4.49. The van der Waals surface area contributed by atoms with Gasteiger partial charge in [-0.3, -0.25) is 9.69 Å². The van der Waals surface area contributed by atoms with Crippen molar-refractivity contribution in [3.8, 4) is 0 Å². The van der Waals surface area contributed by atoms with E-state index in [-0.39, 0.29) is 18.6 Å². The molecule has 16 heavy (non-hydrogen) atoms. The Morgan fingerprint density at radius 1 is 1.50 bits per heavy atom. The fourth-order valence-electron chi connectivity index (χ4n) is 1.97. The monoisotopic (exact) mass is 228 g/mol. The SMILES string of the molecule is CC(C)NC(=O)CN(CCCO)C1CCC1. The highest BCUT2D eigenvalue weighted by Crippen LogP contribution is 2.24. The largest absolute Gasteiger partial charge is 0.396 e. The molecule has 1 aliphatic carbocycles. The van der Waals surface area contributed by atoms with Crippen molar-refractivity contribution in [2.24, 2.45) is 0 Å². The zero-order chi connectivity index (χ0) is 12.0. The fraction of sp³-hybridized carbons (Fsp3) is 0.917. The molecule has 1 rings (SSSR count). The second kappa shape index (κ2) is 6.86. The van der Waals surface area contributed by atoms with Gasteiger partial charge in [-0.05, 0) is 33.1 Å². The Labute approximate surface area is 98.0 Å². The van der Waals surface area contributed by atoms with Crippen molar-refractivity contribution >= 4 is 5.91 Å². The summed E-state index contributed by atoms with van der Waals surface area (Å²) in [5, 5.41) is 11.7. The van der Waals surface area contributed by atoms with Gasteiger partial charge in [0.05, 0.1) is 6.54 Å². The zero-order valence-corrected chi connectivity index (χ0v) is 10.4. The lowest BCUT2D eigenvalue weighted by atomic mass is 9.91. The Morgan fingerprint density at radius 2 is 2.19 bits per heavy atom. The van der Waals surface area contributed by atoms with Gasteiger partial charge >= 0.3 is 0 Å². The Bertz CT molecular complexity index is 215. The zero-order valence-electron chi connectivity index (χ0n) is 10.4. The molecule has 0 unspecified atom stereocenters. The molecule has 0 spiro atoms. The summed E-state index contributed by atoms with van der Waals surface area (Å²) in [6.07, 6.45) is 4.42. The number of amides is 1. The lowest BCUT2D eigenvalue weighted by Gasteiger charge is -2.37. The fourth-order valence-corrected chi connectivity index (χ4v) is 1.97. The molecule has 94 valence electrons. The van der Waals surface area contributed by atoms with Crippen LogP contribution in [0.3, 0.4) is 0 Å². The number of aliphatic hydroxyl groups excluding tert-OH is 1. The first-order chi connectivity index (χ1) is 7.63. The minimum Gasteiger partial charge on any atom is -0.396 e. The van der Waals surface area contributed by atoms with E-state index in [0.717, 1.165) is 13.0 Å². The van der Waals surface area contributed by atoms with Gasteiger partial charge in [0.15, 0.2) is 0 Å². The molecule has 1 fully saturated rings. The van der Waals surface area contributed by atoms with E-state index in [2.05, 4.69) is 10.2 Å². The molecule has 0 saturated heterocycles. The maximum absolute atomic E-state index is 11.7. The van der Waals surface area contributed by atoms with Crippen LogP contribution in [0.5, 0.6) is 0 Å². The Kier molecular flexibility index (Phi) is 5.77. The van der Waals surface area contributed by atoms with E-state index in [9.17, 15) is 4.79 Å². The Balaban J connectivity index is 2.33. The van der Waals surface area contributed by atoms with Gasteiger partial charge in [-0.25, -0.2) is 0 Å². The van der Waals surface area contributed by atoms with Gasteiger partial charge in [-0.2, -0.15) is 0 Å². The second-order valence-corrected chi connectivity index (χ2v) is 4.85. The number of hydrogen-bond acceptors (Lipinski definition) is 3. The van der Waals surface area contributed by atoms with Crippen molar-refractivity contribution in [2.45, 2.75) is 51.6 Å². The topological polar surface area (TPSA) is 52.6 Å². The number of nitrogens with one attached hydrogen (secondary N) is 1. The highest BCUT2D eigenvalue weighted by atomic mass is 16.3. The maximum atomic E-state index is 11.7. The van der Waals surface area contributed by atoms with Crippen LogP contribution in [0.1, 0.15) is 39.5 Å². The lowest BCUT2D eigenvalue weighted by molar-refractivity contribution is -0.123. The van der Waals surface area contributed by atoms with E-state index in [1.807, 2.05) is 13.8 Å². The van der Waals surface area contributed by atoms with Gasteiger partial charge < -0.3 is 10.4 Å². The number of hydrogen-bond donors (Lipinski definition) is 2. The van der Waals surface area contributed by atoms with E-state index in [4.69, 9.17) is 5.11 Å². The number of rotatable bonds is 7. The van der Waals surface area contributed by atoms with E-state index in [1.165, 1.54) is 19.3 Å². The maximum Gasteiger partial charge on any atom is 0.234 e. The van der Waals surface area contributed by atoms with Crippen LogP contribution < -0.4 is 5.32 Å². The summed E-state index contributed by atoms with van der Waals surface area (Å²) in [4.78, 5) is 13.9. The summed E-state index contributed by atoms with van der Waals surface area (Å²) in [6, 6.07) is 0.762. The molecule has 4 heteroatoms. The number of nitrogens with zero attached hydrogens (tertiary/aromatic N) is 1. The quantitative estimate of drug-likeness (QED) is 0.676. The van der Waals surface area contributed by atoms with Gasteiger partial charge in [0.1, 0.15) is 0 Å². The summed E-state index contributed by atoms with van der Waals surface area (Å²) in [6.45, 7) is 5.45. The van der Waals surface area contributed by atoms with Gasteiger partial charge in [0.25, 0.3) is 0 Å². The first kappa shape index (κ1) is 13.5. The Morgan fingerprint density at radius 3 is 2.62 bits per heavy atom. The van der Waals surface area contributed by atoms with Crippen molar-refractivity contribution in [2.75, 3.05) is 19.7 Å². The van der Waals surface area contributed by atoms with Crippen molar-refractivity contribution < 1.29 is 9.90 Å². The van der Waals surface area contributed by atoms with Crippen LogP contribution >= 0.6 is 0 Å². The first-order valence-electron chi connectivity index (χ1n) is 6.27. The highest BCUT2D eigenvalue weighted by molar-refractivity contribution is 5.78. The molecule has 2 N–H and O–H groups in total. The summed E-state index contributed by atoms with van der Waals surface area (Å²) >= 11 is 0. The second-order valence-electron chi connectivity index (χ2n) is 4.85. The average molecular weight is 228 g/mol. The molecule has 0 heterocycles. The molecule has 1 amide bonds. The van der Waals surface area contributed by atoms with Gasteiger partial charge in [0, 0.05) is 25.2 Å². The highest BCUT2D eigenvalue weighted by Gasteiger charge is 2.25. The summed E-state index contributed by atoms with van der Waals surface area (Å²) in [5.74, 6) is 0.0971. The molecule has 0 aromatic heterocycles. The van der Waals surface area contributed by atoms with Gasteiger partial charge in [0.2, 0.25) is 5.91 Å². The van der Waals surface area contributed by atoms with Crippen LogP contribution in [0.2, 0.25) is 0 Å². The number of aliphatic hydroxyl groups is 1. The van der Waals surface area contributed by atoms with E-state index >= 15 is 0 Å². The molecule has 0 atom stereocenters. The third-order valence-corrected chi connectivity index (χ3v) is 2.99. The number of carbonyl (C=O) groups is 1. The average Bonchev–Trinajstić information content (AvgIpc) is 2.09. The minimum atomic E-state index is 0.0971. The molecule has 1 aliphatic rings. The molecule has 0 aliphatic heterocycles. The van der Waals surface area contributed by atoms with Crippen molar-refractivity contribution in [1.29, 1.82) is 0 Å². The normalized spacial score (nSPS) is 16.6. The molecule has 0 bridgehead atoms. The van der Waals surface area contributed by atoms with E-state index in [0.29, 0.717) is 12.6 Å². The summed E-state index contributed by atoms with van der Waals surface area (Å²) in [5.41, 5.74) is 0. The predicted molar refractivity (Wildman–Crippen MR) is 64.2 cm³/mol. The minimum absolute atomic E-state index is 0.0971. The van der Waals surface area contributed by atoms with Crippen LogP contribution in [0, 0.1) is 0 Å². The number of carbonyl (C=O) groups excluding carboxylic acids is 1. The predicted octanol–water partition coefficient (Wildman–Crippen LogP) is 0.748. The van der Waals surface area contributed by atoms with Crippen molar-refractivity contribution in [3.63, 3.8) is 0 Å². The summed E-state index contributed by atoms with van der Waals surface area (Å²) < 4.78 is 0. The summed E-state index contributed by atoms with van der Waals surface area (Å²) in [7, 11) is 0. The van der Waals surface area contributed by atoms with Gasteiger partial charge in [-0.15, -0.1) is 0 Å². The lowest BCUT2D eigenvalue weighted by Crippen LogP contribution is -2.47. The van der Waals surface area contributed by atoms with E-state index in [1.54, 1.807) is 0 Å². The van der Waals surface area contributed by atoms with Crippen LogP contribution in [0.25, 0.3) is 0 Å². The molecular formula is C12H24N2O2. The Hall–Kier alpha value is -0.610. The van der Waals surface area contributed by atoms with Crippen molar-refractivity contribution in [1.82, 2.24) is 10.2 Å². The molecular weight excluding hydrogens is 204 g/mol.